The first-order valence-corrected chi connectivity index (χ1v) is 9.66. The van der Waals surface area contributed by atoms with Gasteiger partial charge in [0.05, 0.1) is 5.56 Å². The Balaban J connectivity index is 1.94. The van der Waals surface area contributed by atoms with Crippen molar-refractivity contribution in [3.05, 3.63) is 57.0 Å². The van der Waals surface area contributed by atoms with Crippen LogP contribution >= 0.6 is 11.8 Å². The van der Waals surface area contributed by atoms with Crippen LogP contribution < -0.4 is 10.9 Å². The maximum atomic E-state index is 12.9. The van der Waals surface area contributed by atoms with Crippen LogP contribution in [0, 0.1) is 0 Å². The van der Waals surface area contributed by atoms with Crippen molar-refractivity contribution < 1.29 is 9.90 Å². The molecule has 1 aromatic carbocycles. The molecular weight excluding hydrogens is 350 g/mol. The number of aromatic nitrogens is 2. The highest BCUT2D eigenvalue weighted by atomic mass is 32.2. The smallest absolute Gasteiger partial charge is 0.257 e. The van der Waals surface area contributed by atoms with Crippen molar-refractivity contribution in [1.82, 2.24) is 9.97 Å². The summed E-state index contributed by atoms with van der Waals surface area (Å²) in [5.41, 5.74) is 2.54. The van der Waals surface area contributed by atoms with E-state index in [9.17, 15) is 14.7 Å². The van der Waals surface area contributed by atoms with Gasteiger partial charge < -0.3 is 15.4 Å². The van der Waals surface area contributed by atoms with E-state index in [0.29, 0.717) is 28.5 Å². The summed E-state index contributed by atoms with van der Waals surface area (Å²) in [6.45, 7) is 2.00. The van der Waals surface area contributed by atoms with Crippen LogP contribution in [0.5, 0.6) is 5.75 Å². The third-order valence-electron chi connectivity index (χ3n) is 4.74. The second kappa shape index (κ2) is 6.64. The Kier molecular flexibility index (Phi) is 4.32. The lowest BCUT2D eigenvalue weighted by atomic mass is 9.76. The first-order valence-electron chi connectivity index (χ1n) is 8.67. The van der Waals surface area contributed by atoms with Gasteiger partial charge in [0.2, 0.25) is 0 Å². The summed E-state index contributed by atoms with van der Waals surface area (Å²) in [7, 11) is 0. The fourth-order valence-electron chi connectivity index (χ4n) is 3.65. The molecule has 0 saturated carbocycles. The van der Waals surface area contributed by atoms with E-state index < -0.39 is 5.92 Å². The van der Waals surface area contributed by atoms with Crippen LogP contribution in [0.15, 0.2) is 45.5 Å². The van der Waals surface area contributed by atoms with Crippen LogP contribution in [-0.4, -0.2) is 26.6 Å². The van der Waals surface area contributed by atoms with Crippen LogP contribution in [0.3, 0.4) is 0 Å². The zero-order chi connectivity index (χ0) is 18.3. The molecule has 134 valence electrons. The quantitative estimate of drug-likeness (QED) is 0.568. The Bertz CT molecular complexity index is 963. The summed E-state index contributed by atoms with van der Waals surface area (Å²) in [5.74, 6) is 1.07. The number of carbonyl (C=O) groups is 1. The van der Waals surface area contributed by atoms with Gasteiger partial charge in [0.1, 0.15) is 11.6 Å². The normalized spacial score (nSPS) is 19.0. The van der Waals surface area contributed by atoms with Crippen molar-refractivity contribution in [2.45, 2.75) is 37.3 Å². The van der Waals surface area contributed by atoms with E-state index in [1.165, 1.54) is 11.8 Å². The fourth-order valence-corrected chi connectivity index (χ4v) is 4.24. The first-order chi connectivity index (χ1) is 12.6. The van der Waals surface area contributed by atoms with E-state index in [1.54, 1.807) is 24.3 Å². The SMILES string of the molecule is CCSc1nc2c(c(=O)[nH]1)[C@@H](c1ccc(O)cc1)C1=C(CCCC1=O)N2. The standard InChI is InChI=1S/C19H19N3O3S/c1-2-26-19-21-17-16(18(25)22-19)14(10-6-8-11(23)9-7-10)15-12(20-17)4-3-5-13(15)24/h6-9,14,23H,2-5H2,1H3,(H2,20,21,22,25)/t14-/m0/s1. The number of nitrogens with zero attached hydrogens (tertiary/aromatic N) is 1. The third-order valence-corrected chi connectivity index (χ3v) is 5.50. The average Bonchev–Trinajstić information content (AvgIpc) is 2.61. The molecule has 6 nitrogen and oxygen atoms in total. The molecule has 0 radical (unpaired) electrons. The van der Waals surface area contributed by atoms with Crippen molar-refractivity contribution in [1.29, 1.82) is 0 Å². The van der Waals surface area contributed by atoms with Gasteiger partial charge in [-0.1, -0.05) is 30.8 Å². The Morgan fingerprint density at radius 3 is 2.73 bits per heavy atom. The molecule has 3 N–H and O–H groups in total. The van der Waals surface area contributed by atoms with Gasteiger partial charge in [0.15, 0.2) is 10.9 Å². The fraction of sp³-hybridized carbons (Fsp3) is 0.316. The third kappa shape index (κ3) is 2.82. The second-order valence-corrected chi connectivity index (χ2v) is 7.64. The Morgan fingerprint density at radius 1 is 1.23 bits per heavy atom. The summed E-state index contributed by atoms with van der Waals surface area (Å²) in [5, 5.41) is 13.4. The second-order valence-electron chi connectivity index (χ2n) is 6.38. The van der Waals surface area contributed by atoms with Crippen LogP contribution in [0.2, 0.25) is 0 Å². The molecule has 4 rings (SSSR count). The number of aromatic hydroxyl groups is 1. The van der Waals surface area contributed by atoms with Crippen molar-refractivity contribution in [3.63, 3.8) is 0 Å². The molecular formula is C19H19N3O3S. The Hall–Kier alpha value is -2.54. The van der Waals surface area contributed by atoms with Crippen LogP contribution in [0.4, 0.5) is 5.82 Å². The highest BCUT2D eigenvalue weighted by Crippen LogP contribution is 2.43. The summed E-state index contributed by atoms with van der Waals surface area (Å²) in [6, 6.07) is 6.67. The molecule has 1 aromatic heterocycles. The summed E-state index contributed by atoms with van der Waals surface area (Å²) in [4.78, 5) is 33.0. The molecule has 0 spiro atoms. The topological polar surface area (TPSA) is 95.1 Å². The zero-order valence-corrected chi connectivity index (χ0v) is 15.2. The number of rotatable bonds is 3. The molecule has 0 fully saturated rings. The van der Waals surface area contributed by atoms with Gasteiger partial charge >= 0.3 is 0 Å². The number of anilines is 1. The molecule has 2 aromatic rings. The van der Waals surface area contributed by atoms with Gasteiger partial charge in [-0.3, -0.25) is 9.59 Å². The number of nitrogens with one attached hydrogen (secondary N) is 2. The number of carbonyl (C=O) groups excluding carboxylic acids is 1. The van der Waals surface area contributed by atoms with Gasteiger partial charge in [-0.15, -0.1) is 0 Å². The molecule has 0 amide bonds. The van der Waals surface area contributed by atoms with Gasteiger partial charge in [-0.25, -0.2) is 4.98 Å². The summed E-state index contributed by atoms with van der Waals surface area (Å²) in [6.07, 6.45) is 2.04. The number of phenols is 1. The van der Waals surface area contributed by atoms with E-state index in [2.05, 4.69) is 15.3 Å². The minimum Gasteiger partial charge on any atom is -0.508 e. The number of fused-ring (bicyclic) bond motifs is 1. The highest BCUT2D eigenvalue weighted by Gasteiger charge is 2.37. The number of phenolic OH excluding ortho intramolecular Hbond substituents is 1. The maximum absolute atomic E-state index is 12.9. The lowest BCUT2D eigenvalue weighted by Crippen LogP contribution is -2.32. The number of thioether (sulfide) groups is 1. The van der Waals surface area contributed by atoms with Gasteiger partial charge in [-0.2, -0.15) is 0 Å². The zero-order valence-electron chi connectivity index (χ0n) is 14.3. The van der Waals surface area contributed by atoms with Crippen molar-refractivity contribution >= 4 is 23.4 Å². The molecule has 0 bridgehead atoms. The van der Waals surface area contributed by atoms with E-state index in [4.69, 9.17) is 0 Å². The number of Topliss-reactive ketones (excluding diaryl/α,β-unsaturated/α-hetero) is 1. The summed E-state index contributed by atoms with van der Waals surface area (Å²) < 4.78 is 0. The van der Waals surface area contributed by atoms with Crippen LogP contribution in [0.25, 0.3) is 0 Å². The molecule has 2 aliphatic rings. The number of benzene rings is 1. The summed E-state index contributed by atoms with van der Waals surface area (Å²) >= 11 is 1.47. The molecule has 0 saturated heterocycles. The number of H-pyrrole nitrogens is 1. The molecule has 1 atom stereocenters. The lowest BCUT2D eigenvalue weighted by molar-refractivity contribution is -0.116. The largest absolute Gasteiger partial charge is 0.508 e. The lowest BCUT2D eigenvalue weighted by Gasteiger charge is -2.32. The Morgan fingerprint density at radius 2 is 2.00 bits per heavy atom. The number of hydrogen-bond donors (Lipinski definition) is 3. The van der Waals surface area contributed by atoms with E-state index >= 15 is 0 Å². The van der Waals surface area contributed by atoms with Crippen LogP contribution in [0.1, 0.15) is 43.2 Å². The minimum atomic E-state index is -0.466. The van der Waals surface area contributed by atoms with Gasteiger partial charge in [-0.05, 0) is 36.3 Å². The van der Waals surface area contributed by atoms with E-state index in [1.807, 2.05) is 6.92 Å². The monoisotopic (exact) mass is 369 g/mol. The van der Waals surface area contributed by atoms with Gasteiger partial charge in [0.25, 0.3) is 5.56 Å². The average molecular weight is 369 g/mol. The number of allylic oxidation sites excluding steroid dienone is 2. The molecule has 1 aliphatic carbocycles. The Labute approximate surface area is 154 Å². The highest BCUT2D eigenvalue weighted by molar-refractivity contribution is 7.99. The van der Waals surface area contributed by atoms with Crippen LogP contribution in [-0.2, 0) is 4.79 Å². The van der Waals surface area contributed by atoms with Crippen molar-refractivity contribution in [2.75, 3.05) is 11.1 Å². The molecule has 0 unspecified atom stereocenters. The van der Waals surface area contributed by atoms with Gasteiger partial charge in [0, 0.05) is 23.6 Å². The molecule has 2 heterocycles. The number of ketones is 1. The maximum Gasteiger partial charge on any atom is 0.257 e. The predicted molar refractivity (Wildman–Crippen MR) is 101 cm³/mol. The van der Waals surface area contributed by atoms with Crippen molar-refractivity contribution in [3.8, 4) is 5.75 Å². The van der Waals surface area contributed by atoms with E-state index in [0.717, 1.165) is 29.9 Å². The number of hydrogen-bond acceptors (Lipinski definition) is 6. The van der Waals surface area contributed by atoms with E-state index in [-0.39, 0.29) is 17.1 Å². The first kappa shape index (κ1) is 16.9. The molecule has 1 aliphatic heterocycles. The molecule has 7 heteroatoms. The predicted octanol–water partition coefficient (Wildman–Crippen LogP) is 3.15. The minimum absolute atomic E-state index is 0.0638. The molecule has 26 heavy (non-hydrogen) atoms. The van der Waals surface area contributed by atoms with Crippen molar-refractivity contribution in [2.24, 2.45) is 0 Å². The number of aromatic amines is 1.